The van der Waals surface area contributed by atoms with Gasteiger partial charge in [0.2, 0.25) is 5.24 Å². The molecule has 0 saturated carbocycles. The fraction of sp³-hybridized carbons (Fsp3) is 0.750. The molecule has 66 valence electrons. The topological polar surface area (TPSA) is 17.1 Å². The van der Waals surface area contributed by atoms with Gasteiger partial charge in [0.05, 0.1) is 0 Å². The molecule has 0 aliphatic rings. The van der Waals surface area contributed by atoms with Crippen molar-refractivity contribution in [1.82, 2.24) is 0 Å². The third kappa shape index (κ3) is 34.0. The number of rotatable bonds is 3. The number of hydrogen-bond acceptors (Lipinski definition) is 1. The van der Waals surface area contributed by atoms with E-state index in [4.69, 9.17) is 53.3 Å². The zero-order valence-corrected chi connectivity index (χ0v) is 10.4. The van der Waals surface area contributed by atoms with Gasteiger partial charge in [-0.2, -0.15) is 0 Å². The third-order valence-corrected chi connectivity index (χ3v) is 0.963. The largest absolute Gasteiger partial charge is 0.643 e. The number of hydrogen-bond donors (Lipinski definition) is 0. The molecule has 0 aliphatic carbocycles. The minimum atomic E-state index is -1.72. The lowest BCUT2D eigenvalue weighted by Crippen LogP contribution is -1.84. The number of alkyl halides is 1. The van der Waals surface area contributed by atoms with Crippen LogP contribution in [0.5, 0.6) is 0 Å². The molecule has 0 radical (unpaired) electrons. The highest BCUT2D eigenvalue weighted by Gasteiger charge is 2.00. The zero-order chi connectivity index (χ0) is 9.28. The summed E-state index contributed by atoms with van der Waals surface area (Å²) in [6.07, 6.45) is 1.08. The second kappa shape index (κ2) is 11.7. The van der Waals surface area contributed by atoms with Crippen molar-refractivity contribution >= 4 is 70.0 Å². The van der Waals surface area contributed by atoms with Crippen molar-refractivity contribution in [2.45, 2.75) is 12.8 Å². The summed E-state index contributed by atoms with van der Waals surface area (Å²) in [5.74, 6) is 0.512. The molecule has 0 aromatic carbocycles. The molecule has 0 N–H and O–H groups in total. The van der Waals surface area contributed by atoms with E-state index in [2.05, 4.69) is 0 Å². The Morgan fingerprint density at radius 1 is 1.27 bits per heavy atom. The first-order valence-corrected chi connectivity index (χ1v) is 8.82. The first kappa shape index (κ1) is 15.1. The Hall–Kier alpha value is 1.65. The highest BCUT2D eigenvalue weighted by Crippen LogP contribution is 1.97. The molecule has 0 aromatic heterocycles. The Morgan fingerprint density at radius 2 is 1.64 bits per heavy atom. The molecule has 0 unspecified atom stereocenters. The molecule has 0 amide bonds. The predicted octanol–water partition coefficient (Wildman–Crippen LogP) is 3.46. The number of carbonyl (C=O) groups excluding carboxylic acids is 1. The van der Waals surface area contributed by atoms with E-state index in [1.807, 2.05) is 0 Å². The van der Waals surface area contributed by atoms with E-state index in [0.717, 1.165) is 0 Å². The van der Waals surface area contributed by atoms with E-state index in [1.54, 1.807) is 0 Å². The molecule has 0 saturated heterocycles. The van der Waals surface area contributed by atoms with Crippen LogP contribution in [0.25, 0.3) is 0 Å². The fourth-order valence-corrected chi connectivity index (χ4v) is 0.473. The van der Waals surface area contributed by atoms with Gasteiger partial charge in [-0.05, 0) is 18.0 Å². The predicted molar refractivity (Wildman–Crippen MR) is 54.1 cm³/mol. The van der Waals surface area contributed by atoms with E-state index in [-0.39, 0.29) is 5.24 Å². The van der Waals surface area contributed by atoms with Gasteiger partial charge in [0.1, 0.15) is 0 Å². The van der Waals surface area contributed by atoms with E-state index in [1.165, 1.54) is 0 Å². The smallest absolute Gasteiger partial charge is 0.281 e. The number of carbonyl (C=O) groups is 1. The average Bonchev–Trinajstić information content (AvgIpc) is 1.82. The Balaban J connectivity index is 0. The summed E-state index contributed by atoms with van der Waals surface area (Å²) in [7, 11) is 14.8. The van der Waals surface area contributed by atoms with Crippen molar-refractivity contribution in [1.29, 1.82) is 0 Å². The lowest BCUT2D eigenvalue weighted by Gasteiger charge is -1.83. The van der Waals surface area contributed by atoms with E-state index in [9.17, 15) is 4.79 Å². The zero-order valence-electron chi connectivity index (χ0n) is 5.50. The van der Waals surface area contributed by atoms with Crippen LogP contribution in [0.15, 0.2) is 0 Å². The van der Waals surface area contributed by atoms with E-state index in [0.29, 0.717) is 18.7 Å². The second-order valence-electron chi connectivity index (χ2n) is 1.40. The van der Waals surface area contributed by atoms with Crippen molar-refractivity contribution in [3.05, 3.63) is 0 Å². The molecule has 0 aromatic rings. The Kier molecular flexibility index (Phi) is 16.0. The molecular weight excluding hydrogens is 268 g/mol. The lowest BCUT2D eigenvalue weighted by atomic mass is 10.4. The monoisotopic (exact) mass is 272 g/mol. The molecule has 7 heteroatoms. The van der Waals surface area contributed by atoms with Gasteiger partial charge in [0, 0.05) is 12.3 Å². The second-order valence-corrected chi connectivity index (χ2v) is 8.63. The van der Waals surface area contributed by atoms with Gasteiger partial charge in [-0.3, -0.25) is 4.79 Å². The van der Waals surface area contributed by atoms with Crippen molar-refractivity contribution in [2.75, 3.05) is 5.88 Å². The minimum Gasteiger partial charge on any atom is -0.281 e. The van der Waals surface area contributed by atoms with Gasteiger partial charge in [-0.15, -0.1) is 11.6 Å². The summed E-state index contributed by atoms with van der Waals surface area (Å²) in [4.78, 5) is 9.91. The van der Waals surface area contributed by atoms with Crippen LogP contribution in [0.3, 0.4) is 0 Å². The normalized spacial score (nSPS) is 8.09. The van der Waals surface area contributed by atoms with Crippen molar-refractivity contribution in [3.8, 4) is 0 Å². The van der Waals surface area contributed by atoms with Crippen molar-refractivity contribution < 1.29 is 4.79 Å². The Bertz CT molecular complexity index is 95.7. The van der Waals surface area contributed by atoms with Gasteiger partial charge in [-0.25, -0.2) is 30.1 Å². The summed E-state index contributed by atoms with van der Waals surface area (Å²) >= 11 is 8.47. The molecule has 0 spiro atoms. The molecule has 0 heterocycles. The summed E-state index contributed by atoms with van der Waals surface area (Å²) in [6.45, 7) is 0. The van der Waals surface area contributed by atoms with Gasteiger partial charge in [0.25, 0.3) is 0 Å². The van der Waals surface area contributed by atoms with Crippen LogP contribution in [0.2, 0.25) is 0 Å². The Labute approximate surface area is 92.9 Å². The molecule has 0 bridgehead atoms. The molecule has 1 nitrogen and oxygen atoms in total. The molecular formula is C4H6AlCl5O. The van der Waals surface area contributed by atoms with Gasteiger partial charge < -0.3 is 0 Å². The van der Waals surface area contributed by atoms with Gasteiger partial charge >= 0.3 is 11.4 Å². The summed E-state index contributed by atoms with van der Waals surface area (Å²) in [5.41, 5.74) is 0. The quantitative estimate of drug-likeness (QED) is 0.437. The maximum absolute atomic E-state index is 9.91. The maximum atomic E-state index is 9.91. The molecule has 0 rings (SSSR count). The summed E-state index contributed by atoms with van der Waals surface area (Å²) in [5, 5.41) is -0.305. The van der Waals surface area contributed by atoms with Crippen LogP contribution in [0, 0.1) is 0 Å². The fourth-order valence-electron chi connectivity index (χ4n) is 0.206. The van der Waals surface area contributed by atoms with Crippen molar-refractivity contribution in [3.63, 3.8) is 0 Å². The van der Waals surface area contributed by atoms with E-state index < -0.39 is 11.4 Å². The third-order valence-electron chi connectivity index (χ3n) is 0.507. The highest BCUT2D eigenvalue weighted by molar-refractivity contribution is 7.54. The molecule has 0 atom stereocenters. The molecule has 0 aliphatic heterocycles. The number of halogens is 5. The van der Waals surface area contributed by atoms with Crippen LogP contribution in [0.1, 0.15) is 12.8 Å². The first-order valence-electron chi connectivity index (χ1n) is 2.67. The standard InChI is InChI=1S/C4H6Cl2O.Al.3ClH/c5-3-1-2-4(6)7;;;;/h1-3H2;;3*1H/q;+3;;;/p-3. The van der Waals surface area contributed by atoms with Crippen LogP contribution in [-0.4, -0.2) is 22.5 Å². The van der Waals surface area contributed by atoms with Crippen LogP contribution >= 0.6 is 53.3 Å². The average molecular weight is 274 g/mol. The summed E-state index contributed by atoms with van der Waals surface area (Å²) < 4.78 is 0. The Morgan fingerprint density at radius 3 is 1.73 bits per heavy atom. The summed E-state index contributed by atoms with van der Waals surface area (Å²) in [6, 6.07) is 0. The van der Waals surface area contributed by atoms with Crippen LogP contribution < -0.4 is 0 Å². The van der Waals surface area contributed by atoms with E-state index >= 15 is 0 Å². The lowest BCUT2D eigenvalue weighted by molar-refractivity contribution is -0.111. The van der Waals surface area contributed by atoms with Gasteiger partial charge in [-0.1, -0.05) is 0 Å². The first-order chi connectivity index (χ1) is 5.00. The van der Waals surface area contributed by atoms with Crippen LogP contribution in [-0.2, 0) is 4.79 Å². The van der Waals surface area contributed by atoms with Crippen molar-refractivity contribution in [2.24, 2.45) is 0 Å². The molecule has 0 fully saturated rings. The molecule has 11 heavy (non-hydrogen) atoms. The SMILES string of the molecule is O=C(Cl)CCCCl.[Cl][Al]([Cl])[Cl]. The maximum Gasteiger partial charge on any atom is 0.643 e. The van der Waals surface area contributed by atoms with Crippen LogP contribution in [0.4, 0.5) is 0 Å². The highest BCUT2D eigenvalue weighted by atomic mass is 35.8. The minimum absolute atomic E-state index is 0.305. The van der Waals surface area contributed by atoms with Gasteiger partial charge in [0.15, 0.2) is 0 Å².